The monoisotopic (exact) mass is 236 g/mol. The molecule has 0 unspecified atom stereocenters. The van der Waals surface area contributed by atoms with E-state index in [9.17, 15) is 9.59 Å². The molecule has 0 aliphatic rings. The molecule has 0 radical (unpaired) electrons. The molecule has 0 heterocycles. The van der Waals surface area contributed by atoms with Gasteiger partial charge in [-0.15, -0.1) is 0 Å². The summed E-state index contributed by atoms with van der Waals surface area (Å²) in [5.74, 6) is 0.700. The summed E-state index contributed by atoms with van der Waals surface area (Å²) in [7, 11) is 0. The van der Waals surface area contributed by atoms with Crippen LogP contribution in [0.15, 0.2) is 0 Å². The molecule has 0 spiro atoms. The second-order valence-electron chi connectivity index (χ2n) is 2.89. The van der Waals surface area contributed by atoms with Gasteiger partial charge >= 0.3 is 0 Å². The number of carbonyl (C=O) groups is 2. The van der Waals surface area contributed by atoms with Crippen molar-refractivity contribution in [2.45, 2.75) is 19.4 Å². The summed E-state index contributed by atoms with van der Waals surface area (Å²) in [6.07, 6.45) is 2.67. The van der Waals surface area contributed by atoms with Gasteiger partial charge in [0.25, 0.3) is 0 Å². The highest BCUT2D eigenvalue weighted by Crippen LogP contribution is 2.01. The van der Waals surface area contributed by atoms with Crippen molar-refractivity contribution in [1.29, 1.82) is 0 Å². The first-order valence-electron chi connectivity index (χ1n) is 4.27. The van der Waals surface area contributed by atoms with Gasteiger partial charge in [-0.1, -0.05) is 12.8 Å². The summed E-state index contributed by atoms with van der Waals surface area (Å²) >= 11 is 5.35. The molecular weight excluding hydrogens is 220 g/mol. The molecule has 14 heavy (non-hydrogen) atoms. The van der Waals surface area contributed by atoms with Gasteiger partial charge in [0.1, 0.15) is 5.78 Å². The number of ketones is 1. The third kappa shape index (κ3) is 6.28. The minimum atomic E-state index is -0.330. The van der Waals surface area contributed by atoms with Gasteiger partial charge in [0, 0.05) is 0 Å². The molecular formula is C8H16N2O2S2. The van der Waals surface area contributed by atoms with Crippen LogP contribution in [0.1, 0.15) is 13.3 Å². The van der Waals surface area contributed by atoms with E-state index < -0.39 is 0 Å². The number of hydrogen-bond donors (Lipinski definition) is 3. The smallest absolute Gasteiger partial charge is 0.246 e. The average molecular weight is 236 g/mol. The molecule has 0 aromatic carbocycles. The zero-order valence-corrected chi connectivity index (χ0v) is 10.1. The highest BCUT2D eigenvalue weighted by Gasteiger charge is 2.16. The van der Waals surface area contributed by atoms with Crippen molar-refractivity contribution in [2.75, 3.05) is 18.6 Å². The van der Waals surface area contributed by atoms with Gasteiger partial charge in [0.2, 0.25) is 5.91 Å². The van der Waals surface area contributed by atoms with E-state index in [1.807, 2.05) is 6.26 Å². The van der Waals surface area contributed by atoms with E-state index in [1.165, 1.54) is 6.92 Å². The number of hydrogen-bond acceptors (Lipinski definition) is 5. The molecule has 0 aromatic rings. The van der Waals surface area contributed by atoms with E-state index in [2.05, 4.69) is 22.9 Å². The Bertz CT molecular complexity index is 200. The Kier molecular flexibility index (Phi) is 8.02. The maximum atomic E-state index is 11.3. The molecule has 4 nitrogen and oxygen atoms in total. The van der Waals surface area contributed by atoms with Crippen molar-refractivity contribution in [3.8, 4) is 0 Å². The molecule has 0 saturated heterocycles. The summed E-state index contributed by atoms with van der Waals surface area (Å²) in [4.78, 5) is 22.0. The lowest BCUT2D eigenvalue weighted by Gasteiger charge is -2.15. The van der Waals surface area contributed by atoms with E-state index >= 15 is 0 Å². The van der Waals surface area contributed by atoms with Gasteiger partial charge < -0.3 is 4.72 Å². The minimum Gasteiger partial charge on any atom is -0.301 e. The summed E-state index contributed by atoms with van der Waals surface area (Å²) in [6, 6.07) is -0.330. The highest BCUT2D eigenvalue weighted by atomic mass is 32.2. The van der Waals surface area contributed by atoms with Crippen molar-refractivity contribution < 1.29 is 9.59 Å². The molecule has 0 bridgehead atoms. The van der Waals surface area contributed by atoms with Gasteiger partial charge in [-0.2, -0.15) is 11.8 Å². The molecule has 82 valence electrons. The predicted molar refractivity (Wildman–Crippen MR) is 62.6 cm³/mol. The second kappa shape index (κ2) is 8.14. The number of rotatable bonds is 7. The highest BCUT2D eigenvalue weighted by molar-refractivity contribution is 7.98. The maximum absolute atomic E-state index is 11.3. The normalized spacial score (nSPS) is 12.2. The maximum Gasteiger partial charge on any atom is 0.246 e. The first-order valence-corrected chi connectivity index (χ1v) is 6.11. The van der Waals surface area contributed by atoms with Crippen molar-refractivity contribution in [3.05, 3.63) is 0 Å². The van der Waals surface area contributed by atoms with Crippen molar-refractivity contribution in [2.24, 2.45) is 0 Å². The fourth-order valence-electron chi connectivity index (χ4n) is 0.906. The van der Waals surface area contributed by atoms with Gasteiger partial charge in [-0.05, 0) is 25.4 Å². The Labute approximate surface area is 94.1 Å². The molecule has 1 amide bonds. The Balaban J connectivity index is 3.96. The fourth-order valence-corrected chi connectivity index (χ4v) is 1.53. The molecule has 2 N–H and O–H groups in total. The van der Waals surface area contributed by atoms with Gasteiger partial charge in [-0.3, -0.25) is 14.9 Å². The van der Waals surface area contributed by atoms with Crippen molar-refractivity contribution in [1.82, 2.24) is 10.0 Å². The molecule has 1 atom stereocenters. The lowest BCUT2D eigenvalue weighted by molar-refractivity contribution is -0.121. The number of thiol groups is 1. The lowest BCUT2D eigenvalue weighted by Crippen LogP contribution is -2.43. The molecule has 0 aliphatic carbocycles. The molecule has 6 heteroatoms. The Morgan fingerprint density at radius 1 is 1.50 bits per heavy atom. The quantitative estimate of drug-likeness (QED) is 0.555. The van der Waals surface area contributed by atoms with E-state index in [4.69, 9.17) is 0 Å². The van der Waals surface area contributed by atoms with Crippen molar-refractivity contribution in [3.63, 3.8) is 0 Å². The molecule has 0 fully saturated rings. The fraction of sp³-hybridized carbons (Fsp3) is 0.750. The van der Waals surface area contributed by atoms with Gasteiger partial charge in [-0.25, -0.2) is 0 Å². The lowest BCUT2D eigenvalue weighted by atomic mass is 10.2. The number of carbonyl (C=O) groups excluding carboxylic acids is 2. The Hall–Kier alpha value is -0.200. The van der Waals surface area contributed by atoms with Gasteiger partial charge in [0.15, 0.2) is 0 Å². The van der Waals surface area contributed by atoms with Crippen LogP contribution < -0.4 is 10.0 Å². The summed E-state index contributed by atoms with van der Waals surface area (Å²) < 4.78 is 2.27. The number of Topliss-reactive ketones (excluding diaryl/α,β-unsaturated/α-hetero) is 1. The first-order chi connectivity index (χ1) is 6.61. The minimum absolute atomic E-state index is 0.0196. The van der Waals surface area contributed by atoms with Crippen LogP contribution in [-0.2, 0) is 9.59 Å². The van der Waals surface area contributed by atoms with Crippen LogP contribution in [-0.4, -0.2) is 36.3 Å². The molecule has 0 rings (SSSR count). The largest absolute Gasteiger partial charge is 0.301 e. The van der Waals surface area contributed by atoms with E-state index in [1.54, 1.807) is 11.8 Å². The molecule has 0 aliphatic heterocycles. The summed E-state index contributed by atoms with van der Waals surface area (Å²) in [6.45, 7) is 1.71. The summed E-state index contributed by atoms with van der Waals surface area (Å²) in [5, 5.41) is 2.88. The average Bonchev–Trinajstić information content (AvgIpc) is 2.16. The standard InChI is InChI=1S/C8H16N2O2S2/c1-6(11)5-9-7(3-4-14-2)8(12)10-13/h7,9,13H,3-5H2,1-2H3,(H,10,12)/t7-/m0/s1. The zero-order valence-electron chi connectivity index (χ0n) is 8.37. The Morgan fingerprint density at radius 3 is 2.57 bits per heavy atom. The topological polar surface area (TPSA) is 58.2 Å². The zero-order chi connectivity index (χ0) is 11.0. The predicted octanol–water partition coefficient (Wildman–Crippen LogP) is 0.248. The molecule has 0 saturated carbocycles. The van der Waals surface area contributed by atoms with Crippen LogP contribution in [0, 0.1) is 0 Å². The van der Waals surface area contributed by atoms with Crippen LogP contribution in [0.3, 0.4) is 0 Å². The van der Waals surface area contributed by atoms with Crippen molar-refractivity contribution >= 4 is 36.3 Å². The van der Waals surface area contributed by atoms with E-state index in [0.717, 1.165) is 5.75 Å². The first kappa shape index (κ1) is 13.8. The Morgan fingerprint density at radius 2 is 2.14 bits per heavy atom. The number of amides is 1. The number of thioether (sulfide) groups is 1. The van der Waals surface area contributed by atoms with Crippen LogP contribution in [0.5, 0.6) is 0 Å². The van der Waals surface area contributed by atoms with Crippen LogP contribution in [0.4, 0.5) is 0 Å². The second-order valence-corrected chi connectivity index (χ2v) is 4.10. The molecule has 0 aromatic heterocycles. The van der Waals surface area contributed by atoms with Crippen LogP contribution in [0.2, 0.25) is 0 Å². The van der Waals surface area contributed by atoms with E-state index in [0.29, 0.717) is 6.42 Å². The van der Waals surface area contributed by atoms with Gasteiger partial charge in [0.05, 0.1) is 12.6 Å². The summed E-state index contributed by atoms with van der Waals surface area (Å²) in [5.41, 5.74) is 0. The van der Waals surface area contributed by atoms with E-state index in [-0.39, 0.29) is 24.3 Å². The van der Waals surface area contributed by atoms with Crippen LogP contribution >= 0.6 is 24.6 Å². The third-order valence-corrected chi connectivity index (χ3v) is 2.50. The number of nitrogens with one attached hydrogen (secondary N) is 2. The van der Waals surface area contributed by atoms with Crippen LogP contribution in [0.25, 0.3) is 0 Å². The SMILES string of the molecule is CSCC[C@H](NCC(C)=O)C(=O)NS. The third-order valence-electron chi connectivity index (χ3n) is 1.63.